The van der Waals surface area contributed by atoms with Crippen LogP contribution < -0.4 is 0 Å². The molecule has 41 heavy (non-hydrogen) atoms. The van der Waals surface area contributed by atoms with Gasteiger partial charge in [-0.2, -0.15) is 8.42 Å². The van der Waals surface area contributed by atoms with E-state index in [1.54, 1.807) is 0 Å². The standard InChI is InChI=1S/C20H18OS.C9H12O8S2/c1-15-13-19(14-16(2)20(15)21)22(17-9-5-3-6-10-17)18-11-7-4-8-12-18;10-7(3-18(11,12)13)16-8-4-1-5-6(2-4)19(14,15)17-9(5)8/h3-14H,1-2H3;4-6,8-9H,1-3H2,(H,11,12,13). The van der Waals surface area contributed by atoms with Crippen molar-refractivity contribution >= 4 is 37.1 Å². The smallest absolute Gasteiger partial charge is 0.320 e. The number of esters is 1. The Bertz CT molecular complexity index is 1580. The van der Waals surface area contributed by atoms with Crippen molar-refractivity contribution in [1.29, 1.82) is 0 Å². The Balaban J connectivity index is 0.000000166. The van der Waals surface area contributed by atoms with Crippen molar-refractivity contribution in [2.75, 3.05) is 5.75 Å². The van der Waals surface area contributed by atoms with Gasteiger partial charge >= 0.3 is 5.97 Å². The molecule has 3 fully saturated rings. The minimum atomic E-state index is -4.70. The molecule has 2 aliphatic carbocycles. The van der Waals surface area contributed by atoms with Gasteiger partial charge in [-0.15, -0.1) is 0 Å². The minimum absolute atomic E-state index is 0.143. The molecule has 1 aliphatic heterocycles. The zero-order valence-electron chi connectivity index (χ0n) is 22.4. The van der Waals surface area contributed by atoms with Crippen molar-refractivity contribution < 1.29 is 40.2 Å². The van der Waals surface area contributed by atoms with Crippen LogP contribution in [0.4, 0.5) is 0 Å². The van der Waals surface area contributed by atoms with E-state index >= 15 is 0 Å². The van der Waals surface area contributed by atoms with E-state index < -0.39 is 49.4 Å². The largest absolute Gasteiger partial charge is 0.748 e. The molecular weight excluding hydrogens is 589 g/mol. The number of phenols is 1. The summed E-state index contributed by atoms with van der Waals surface area (Å²) in [5.74, 6) is -2.35. The van der Waals surface area contributed by atoms with E-state index in [1.165, 1.54) is 14.7 Å². The highest BCUT2D eigenvalue weighted by Crippen LogP contribution is 2.55. The summed E-state index contributed by atoms with van der Waals surface area (Å²) in [5.41, 5.74) is 1.86. The van der Waals surface area contributed by atoms with Gasteiger partial charge < -0.3 is 14.4 Å². The molecule has 3 aromatic rings. The first-order valence-corrected chi connectivity index (χ1v) is 17.3. The number of rotatable bonds is 6. The van der Waals surface area contributed by atoms with Crippen LogP contribution in [-0.2, 0) is 44.8 Å². The number of aryl methyl sites for hydroxylation is 2. The average Bonchev–Trinajstić information content (AvgIpc) is 3.53. The van der Waals surface area contributed by atoms with Gasteiger partial charge in [0.1, 0.15) is 33.8 Å². The van der Waals surface area contributed by atoms with Crippen molar-refractivity contribution in [3.8, 4) is 5.75 Å². The third-order valence-corrected chi connectivity index (χ3v) is 12.2. The van der Waals surface area contributed by atoms with Crippen LogP contribution in [0.3, 0.4) is 0 Å². The van der Waals surface area contributed by atoms with Gasteiger partial charge in [-0.1, -0.05) is 36.4 Å². The highest BCUT2D eigenvalue weighted by atomic mass is 32.2. The predicted molar refractivity (Wildman–Crippen MR) is 151 cm³/mol. The summed E-state index contributed by atoms with van der Waals surface area (Å²) < 4.78 is 64.5. The van der Waals surface area contributed by atoms with E-state index in [1.807, 2.05) is 26.0 Å². The SMILES string of the molecule is Cc1cc([S+](c2ccccc2)c2ccccc2)cc(C)c1O.O=C(CS(=O)(=O)[O-])OC1C2CC3C1OS(=O)(=O)C3C2. The Kier molecular flexibility index (Phi) is 8.23. The van der Waals surface area contributed by atoms with Gasteiger partial charge in [0, 0.05) is 24.0 Å². The third kappa shape index (κ3) is 6.31. The van der Waals surface area contributed by atoms with Crippen LogP contribution in [-0.4, -0.2) is 55.7 Å². The van der Waals surface area contributed by atoms with E-state index in [9.17, 15) is 31.3 Å². The van der Waals surface area contributed by atoms with E-state index in [2.05, 4.69) is 60.7 Å². The van der Waals surface area contributed by atoms with E-state index in [0.717, 1.165) is 11.1 Å². The second-order valence-corrected chi connectivity index (χ2v) is 15.7. The lowest BCUT2D eigenvalue weighted by molar-refractivity contribution is -0.152. The van der Waals surface area contributed by atoms with Gasteiger partial charge in [0.05, 0.1) is 16.1 Å². The van der Waals surface area contributed by atoms with Crippen LogP contribution >= 0.6 is 0 Å². The summed E-state index contributed by atoms with van der Waals surface area (Å²) >= 11 is 0. The topological polar surface area (TPSA) is 147 Å². The number of carbonyl (C=O) groups excluding carboxylic acids is 1. The highest BCUT2D eigenvalue weighted by Gasteiger charge is 2.65. The molecule has 6 rings (SSSR count). The maximum Gasteiger partial charge on any atom is 0.320 e. The molecule has 2 saturated carbocycles. The fraction of sp³-hybridized carbons (Fsp3) is 0.345. The third-order valence-electron chi connectivity index (χ3n) is 7.63. The first kappa shape index (κ1) is 29.6. The van der Waals surface area contributed by atoms with Gasteiger partial charge in [-0.3, -0.25) is 8.98 Å². The number of fused-ring (bicyclic) bond motifs is 1. The summed E-state index contributed by atoms with van der Waals surface area (Å²) in [6.07, 6.45) is -0.567. The van der Waals surface area contributed by atoms with E-state index in [0.29, 0.717) is 18.6 Å². The minimum Gasteiger partial charge on any atom is -0.748 e. The van der Waals surface area contributed by atoms with Gasteiger partial charge in [0.25, 0.3) is 10.1 Å². The van der Waals surface area contributed by atoms with Crippen molar-refractivity contribution in [2.24, 2.45) is 11.8 Å². The Labute approximate surface area is 242 Å². The maximum atomic E-state index is 11.6. The molecule has 0 amide bonds. The lowest BCUT2D eigenvalue weighted by atomic mass is 9.94. The quantitative estimate of drug-likeness (QED) is 0.189. The molecule has 1 heterocycles. The zero-order valence-corrected chi connectivity index (χ0v) is 24.8. The van der Waals surface area contributed by atoms with Gasteiger partial charge in [-0.25, -0.2) is 8.42 Å². The summed E-state index contributed by atoms with van der Waals surface area (Å²) in [6.45, 7) is 3.92. The normalized spacial score (nSPS) is 25.5. The summed E-state index contributed by atoms with van der Waals surface area (Å²) in [5, 5.41) is 9.52. The number of carbonyl (C=O) groups is 1. The van der Waals surface area contributed by atoms with Crippen molar-refractivity contribution in [1.82, 2.24) is 0 Å². The number of hydrogen-bond acceptors (Lipinski definition) is 9. The van der Waals surface area contributed by atoms with Crippen LogP contribution in [0, 0.1) is 25.7 Å². The lowest BCUT2D eigenvalue weighted by Gasteiger charge is -2.25. The molecular formula is C29H30O9S3. The molecule has 2 bridgehead atoms. The summed E-state index contributed by atoms with van der Waals surface area (Å²) in [6, 6.07) is 25.3. The Morgan fingerprint density at radius 3 is 2.02 bits per heavy atom. The van der Waals surface area contributed by atoms with Gasteiger partial charge in [0.2, 0.25) is 0 Å². The van der Waals surface area contributed by atoms with Crippen molar-refractivity contribution in [3.63, 3.8) is 0 Å². The number of ether oxygens (including phenoxy) is 1. The Morgan fingerprint density at radius 2 is 1.51 bits per heavy atom. The number of aromatic hydroxyl groups is 1. The lowest BCUT2D eigenvalue weighted by Crippen LogP contribution is -2.38. The fourth-order valence-electron chi connectivity index (χ4n) is 5.93. The van der Waals surface area contributed by atoms with E-state index in [4.69, 9.17) is 8.92 Å². The molecule has 9 nitrogen and oxygen atoms in total. The molecule has 1 N–H and O–H groups in total. The molecule has 0 spiro atoms. The molecule has 1 saturated heterocycles. The van der Waals surface area contributed by atoms with Crippen molar-refractivity contribution in [2.45, 2.75) is 58.8 Å². The van der Waals surface area contributed by atoms with Gasteiger partial charge in [-0.05, 0) is 62.1 Å². The average molecular weight is 619 g/mol. The monoisotopic (exact) mass is 618 g/mol. The maximum absolute atomic E-state index is 11.6. The number of benzene rings is 3. The van der Waals surface area contributed by atoms with Crippen LogP contribution in [0.15, 0.2) is 87.5 Å². The van der Waals surface area contributed by atoms with Crippen LogP contribution in [0.25, 0.3) is 0 Å². The Hall–Kier alpha value is -2.90. The molecule has 12 heteroatoms. The molecule has 5 atom stereocenters. The van der Waals surface area contributed by atoms with Crippen molar-refractivity contribution in [3.05, 3.63) is 83.9 Å². The molecule has 0 radical (unpaired) electrons. The first-order valence-electron chi connectivity index (χ1n) is 13.0. The first-order chi connectivity index (χ1) is 19.3. The molecule has 218 valence electrons. The van der Waals surface area contributed by atoms with Crippen LogP contribution in [0.2, 0.25) is 0 Å². The second kappa shape index (κ2) is 11.4. The summed E-state index contributed by atoms with van der Waals surface area (Å²) in [7, 11) is -8.46. The van der Waals surface area contributed by atoms with E-state index in [-0.39, 0.29) is 22.7 Å². The number of hydrogen-bond donors (Lipinski definition) is 1. The number of phenolic OH excluding ortho intramolecular Hbond substituents is 1. The molecule has 3 aromatic carbocycles. The molecule has 3 aliphatic rings. The summed E-state index contributed by atoms with van der Waals surface area (Å²) in [4.78, 5) is 15.1. The molecule has 0 aromatic heterocycles. The highest BCUT2D eigenvalue weighted by molar-refractivity contribution is 7.97. The zero-order chi connectivity index (χ0) is 29.5. The second-order valence-electron chi connectivity index (χ2n) is 10.5. The fourth-order valence-corrected chi connectivity index (χ4v) is 10.4. The van der Waals surface area contributed by atoms with Crippen LogP contribution in [0.5, 0.6) is 5.75 Å². The Morgan fingerprint density at radius 1 is 0.976 bits per heavy atom. The van der Waals surface area contributed by atoms with Gasteiger partial charge in [0.15, 0.2) is 14.7 Å². The predicted octanol–water partition coefficient (Wildman–Crippen LogP) is 3.68. The molecule has 5 unspecified atom stereocenters. The van der Waals surface area contributed by atoms with Crippen LogP contribution in [0.1, 0.15) is 24.0 Å².